The van der Waals surface area contributed by atoms with Crippen LogP contribution in [0.4, 0.5) is 5.69 Å². The van der Waals surface area contributed by atoms with Crippen LogP contribution >= 0.6 is 0 Å². The molecule has 2 rings (SSSR count). The standard InChI is InChI=1S/C15H24N2O2S/c1-4-11-16-14-7-5-6-8-15(14)20(18,19)17(3)12(2)13-9-10-13/h5-8,12-13,16H,4,9-11H2,1-3H3. The van der Waals surface area contributed by atoms with Crippen molar-refractivity contribution in [2.24, 2.45) is 5.92 Å². The predicted octanol–water partition coefficient (Wildman–Crippen LogP) is 2.93. The Labute approximate surface area is 122 Å². The van der Waals surface area contributed by atoms with Gasteiger partial charge in [-0.3, -0.25) is 0 Å². The van der Waals surface area contributed by atoms with Gasteiger partial charge < -0.3 is 5.32 Å². The van der Waals surface area contributed by atoms with E-state index in [4.69, 9.17) is 0 Å². The van der Waals surface area contributed by atoms with E-state index >= 15 is 0 Å². The first kappa shape index (κ1) is 15.3. The van der Waals surface area contributed by atoms with Gasteiger partial charge in [0.1, 0.15) is 4.90 Å². The third-order valence-corrected chi connectivity index (χ3v) is 5.99. The molecule has 1 aliphatic rings. The van der Waals surface area contributed by atoms with Gasteiger partial charge in [0, 0.05) is 19.6 Å². The summed E-state index contributed by atoms with van der Waals surface area (Å²) >= 11 is 0. The maximum atomic E-state index is 12.8. The lowest BCUT2D eigenvalue weighted by Gasteiger charge is -2.25. The fourth-order valence-corrected chi connectivity index (χ4v) is 3.94. The number of nitrogens with one attached hydrogen (secondary N) is 1. The first-order valence-electron chi connectivity index (χ1n) is 7.29. The highest BCUT2D eigenvalue weighted by Crippen LogP contribution is 2.37. The second-order valence-electron chi connectivity index (χ2n) is 5.52. The van der Waals surface area contributed by atoms with Crippen LogP contribution in [-0.2, 0) is 10.0 Å². The van der Waals surface area contributed by atoms with Gasteiger partial charge in [0.2, 0.25) is 10.0 Å². The van der Waals surface area contributed by atoms with Gasteiger partial charge in [-0.25, -0.2) is 8.42 Å². The summed E-state index contributed by atoms with van der Waals surface area (Å²) in [6.07, 6.45) is 3.23. The van der Waals surface area contributed by atoms with Crippen LogP contribution in [0.3, 0.4) is 0 Å². The maximum absolute atomic E-state index is 12.8. The molecule has 20 heavy (non-hydrogen) atoms. The van der Waals surface area contributed by atoms with E-state index in [1.807, 2.05) is 19.1 Å². The normalized spacial score (nSPS) is 17.2. The second kappa shape index (κ2) is 6.14. The Balaban J connectivity index is 2.28. The van der Waals surface area contributed by atoms with E-state index in [-0.39, 0.29) is 6.04 Å². The van der Waals surface area contributed by atoms with Crippen LogP contribution in [0.2, 0.25) is 0 Å². The highest BCUT2D eigenvalue weighted by molar-refractivity contribution is 7.89. The molecule has 1 saturated carbocycles. The molecule has 1 fully saturated rings. The Bertz CT molecular complexity index is 553. The molecule has 0 spiro atoms. The summed E-state index contributed by atoms with van der Waals surface area (Å²) in [5.74, 6) is 0.519. The number of anilines is 1. The van der Waals surface area contributed by atoms with Crippen molar-refractivity contribution in [3.05, 3.63) is 24.3 Å². The number of nitrogens with zero attached hydrogens (tertiary/aromatic N) is 1. The molecule has 0 heterocycles. The van der Waals surface area contributed by atoms with Crippen molar-refractivity contribution in [2.45, 2.75) is 44.0 Å². The highest BCUT2D eigenvalue weighted by Gasteiger charge is 2.36. The van der Waals surface area contributed by atoms with Gasteiger partial charge in [0.25, 0.3) is 0 Å². The highest BCUT2D eigenvalue weighted by atomic mass is 32.2. The number of hydrogen-bond acceptors (Lipinski definition) is 3. The van der Waals surface area contributed by atoms with Crippen molar-refractivity contribution in [3.63, 3.8) is 0 Å². The summed E-state index contributed by atoms with van der Waals surface area (Å²) in [5, 5.41) is 3.20. The van der Waals surface area contributed by atoms with Crippen LogP contribution in [0.1, 0.15) is 33.1 Å². The molecule has 0 amide bonds. The van der Waals surface area contributed by atoms with Gasteiger partial charge in [-0.1, -0.05) is 19.1 Å². The van der Waals surface area contributed by atoms with Gasteiger partial charge in [-0.2, -0.15) is 4.31 Å². The van der Waals surface area contributed by atoms with Crippen molar-refractivity contribution in [3.8, 4) is 0 Å². The van der Waals surface area contributed by atoms with Crippen LogP contribution in [0.25, 0.3) is 0 Å². The number of para-hydroxylation sites is 1. The minimum Gasteiger partial charge on any atom is -0.384 e. The molecule has 1 aliphatic carbocycles. The summed E-state index contributed by atoms with van der Waals surface area (Å²) < 4.78 is 27.1. The topological polar surface area (TPSA) is 49.4 Å². The van der Waals surface area contributed by atoms with Crippen LogP contribution in [-0.4, -0.2) is 32.4 Å². The van der Waals surface area contributed by atoms with E-state index < -0.39 is 10.0 Å². The van der Waals surface area contributed by atoms with Gasteiger partial charge in [-0.05, 0) is 44.2 Å². The van der Waals surface area contributed by atoms with Gasteiger partial charge in [0.15, 0.2) is 0 Å². The van der Waals surface area contributed by atoms with Crippen molar-refractivity contribution in [2.75, 3.05) is 18.9 Å². The average Bonchev–Trinajstić information content (AvgIpc) is 3.28. The van der Waals surface area contributed by atoms with E-state index in [0.29, 0.717) is 16.5 Å². The first-order valence-corrected chi connectivity index (χ1v) is 8.73. The Morgan fingerprint density at radius 3 is 2.60 bits per heavy atom. The number of sulfonamides is 1. The molecule has 1 unspecified atom stereocenters. The predicted molar refractivity (Wildman–Crippen MR) is 82.4 cm³/mol. The number of rotatable bonds is 7. The zero-order valence-corrected chi connectivity index (χ0v) is 13.3. The molecule has 1 aromatic rings. The quantitative estimate of drug-likeness (QED) is 0.841. The second-order valence-corrected chi connectivity index (χ2v) is 7.49. The summed E-state index contributed by atoms with van der Waals surface area (Å²) in [7, 11) is -1.74. The van der Waals surface area contributed by atoms with Crippen molar-refractivity contribution in [1.29, 1.82) is 0 Å². The van der Waals surface area contributed by atoms with Crippen molar-refractivity contribution < 1.29 is 8.42 Å². The molecule has 1 N–H and O–H groups in total. The molecule has 0 saturated heterocycles. The van der Waals surface area contributed by atoms with E-state index in [1.165, 1.54) is 4.31 Å². The minimum absolute atomic E-state index is 0.0687. The largest absolute Gasteiger partial charge is 0.384 e. The molecule has 1 aromatic carbocycles. The maximum Gasteiger partial charge on any atom is 0.245 e. The minimum atomic E-state index is -3.43. The van der Waals surface area contributed by atoms with E-state index in [0.717, 1.165) is 25.8 Å². The summed E-state index contributed by atoms with van der Waals surface area (Å²) in [5.41, 5.74) is 0.698. The Hall–Kier alpha value is -1.07. The summed E-state index contributed by atoms with van der Waals surface area (Å²) in [6.45, 7) is 4.83. The van der Waals surface area contributed by atoms with Crippen molar-refractivity contribution in [1.82, 2.24) is 4.31 Å². The summed E-state index contributed by atoms with van der Waals surface area (Å²) in [4.78, 5) is 0.378. The lowest BCUT2D eigenvalue weighted by Crippen LogP contribution is -2.36. The molecule has 5 heteroatoms. The van der Waals surface area contributed by atoms with Crippen LogP contribution in [0.5, 0.6) is 0 Å². The lowest BCUT2D eigenvalue weighted by atomic mass is 10.2. The molecule has 0 bridgehead atoms. The zero-order valence-electron chi connectivity index (χ0n) is 12.5. The molecule has 0 aliphatic heterocycles. The molecule has 4 nitrogen and oxygen atoms in total. The monoisotopic (exact) mass is 296 g/mol. The third-order valence-electron chi connectivity index (χ3n) is 3.99. The molecular weight excluding hydrogens is 272 g/mol. The molecule has 0 aromatic heterocycles. The summed E-state index contributed by atoms with van der Waals surface area (Å²) in [6, 6.07) is 7.22. The Morgan fingerprint density at radius 1 is 1.35 bits per heavy atom. The molecule has 112 valence electrons. The zero-order chi connectivity index (χ0) is 14.8. The van der Waals surface area contributed by atoms with E-state index in [2.05, 4.69) is 12.2 Å². The van der Waals surface area contributed by atoms with Gasteiger partial charge in [0.05, 0.1) is 5.69 Å². The SMILES string of the molecule is CCCNc1ccccc1S(=O)(=O)N(C)C(C)C1CC1. The van der Waals surface area contributed by atoms with Crippen LogP contribution in [0, 0.1) is 5.92 Å². The van der Waals surface area contributed by atoms with E-state index in [1.54, 1.807) is 19.2 Å². The fourth-order valence-electron chi connectivity index (χ4n) is 2.35. The average molecular weight is 296 g/mol. The first-order chi connectivity index (χ1) is 9.48. The molecule has 0 radical (unpaired) electrons. The molecule has 1 atom stereocenters. The number of hydrogen-bond donors (Lipinski definition) is 1. The van der Waals surface area contributed by atoms with Gasteiger partial charge >= 0.3 is 0 Å². The number of benzene rings is 1. The lowest BCUT2D eigenvalue weighted by molar-refractivity contribution is 0.357. The van der Waals surface area contributed by atoms with Crippen molar-refractivity contribution >= 4 is 15.7 Å². The fraction of sp³-hybridized carbons (Fsp3) is 0.600. The van der Waals surface area contributed by atoms with E-state index in [9.17, 15) is 8.42 Å². The van der Waals surface area contributed by atoms with Crippen LogP contribution < -0.4 is 5.32 Å². The smallest absolute Gasteiger partial charge is 0.245 e. The van der Waals surface area contributed by atoms with Crippen LogP contribution in [0.15, 0.2) is 29.2 Å². The Kier molecular flexibility index (Phi) is 4.70. The Morgan fingerprint density at radius 2 is 2.00 bits per heavy atom. The molecular formula is C15H24N2O2S. The van der Waals surface area contributed by atoms with Gasteiger partial charge in [-0.15, -0.1) is 0 Å². The third kappa shape index (κ3) is 3.15.